The van der Waals surface area contributed by atoms with Gasteiger partial charge in [-0.15, -0.1) is 0 Å². The Hall–Kier alpha value is -3.22. The maximum absolute atomic E-state index is 12.2. The molecule has 0 saturated heterocycles. The van der Waals surface area contributed by atoms with Crippen molar-refractivity contribution in [2.24, 2.45) is 5.10 Å². The van der Waals surface area contributed by atoms with Crippen LogP contribution in [0.1, 0.15) is 68.6 Å². The molecule has 1 amide bonds. The number of phenols is 4. The van der Waals surface area contributed by atoms with E-state index in [1.807, 2.05) is 53.7 Å². The van der Waals surface area contributed by atoms with Crippen LogP contribution in [0.3, 0.4) is 0 Å². The van der Waals surface area contributed by atoms with E-state index in [1.165, 1.54) is 6.21 Å². The first-order chi connectivity index (χ1) is 13.2. The van der Waals surface area contributed by atoms with Gasteiger partial charge < -0.3 is 20.4 Å². The van der Waals surface area contributed by atoms with Gasteiger partial charge >= 0.3 is 0 Å². The number of nitrogens with one attached hydrogen (secondary N) is 1. The van der Waals surface area contributed by atoms with Crippen LogP contribution in [0.15, 0.2) is 29.4 Å². The van der Waals surface area contributed by atoms with E-state index >= 15 is 0 Å². The van der Waals surface area contributed by atoms with Gasteiger partial charge in [0.05, 0.1) is 6.21 Å². The first-order valence-electron chi connectivity index (χ1n) is 9.18. The quantitative estimate of drug-likeness (QED) is 0.304. The molecule has 2 aromatic rings. The number of carbonyl (C=O) groups excluding carboxylic acids is 1. The predicted octanol–water partition coefficient (Wildman–Crippen LogP) is 3.87. The van der Waals surface area contributed by atoms with E-state index in [9.17, 15) is 25.2 Å². The average molecular weight is 400 g/mol. The number of rotatable bonds is 3. The Bertz CT molecular complexity index is 908. The third-order valence-electron chi connectivity index (χ3n) is 4.46. The summed E-state index contributed by atoms with van der Waals surface area (Å²) in [6.45, 7) is 12.0. The fourth-order valence-electron chi connectivity index (χ4n) is 2.84. The number of hydrogen-bond donors (Lipinski definition) is 5. The van der Waals surface area contributed by atoms with E-state index in [-0.39, 0.29) is 22.1 Å². The van der Waals surface area contributed by atoms with Crippen molar-refractivity contribution in [1.29, 1.82) is 0 Å². The lowest BCUT2D eigenvalue weighted by molar-refractivity contribution is 0.0954. The molecule has 0 fully saturated rings. The lowest BCUT2D eigenvalue weighted by Gasteiger charge is -2.27. The number of carbonyl (C=O) groups is 1. The van der Waals surface area contributed by atoms with Gasteiger partial charge in [0.2, 0.25) is 0 Å². The van der Waals surface area contributed by atoms with Crippen molar-refractivity contribution in [2.75, 3.05) is 0 Å². The monoisotopic (exact) mass is 400 g/mol. The number of benzene rings is 2. The topological polar surface area (TPSA) is 122 Å². The summed E-state index contributed by atoms with van der Waals surface area (Å²) in [6.07, 6.45) is 1.46. The van der Waals surface area contributed by atoms with Crippen LogP contribution in [0, 0.1) is 0 Å². The van der Waals surface area contributed by atoms with Crippen LogP contribution in [0.2, 0.25) is 0 Å². The molecule has 7 nitrogen and oxygen atoms in total. The highest BCUT2D eigenvalue weighted by Gasteiger charge is 2.26. The summed E-state index contributed by atoms with van der Waals surface area (Å²) in [5, 5.41) is 43.1. The van der Waals surface area contributed by atoms with Crippen LogP contribution in [-0.4, -0.2) is 32.5 Å². The molecule has 29 heavy (non-hydrogen) atoms. The molecule has 7 heteroatoms. The fourth-order valence-corrected chi connectivity index (χ4v) is 2.84. The first kappa shape index (κ1) is 22.1. The molecule has 2 rings (SSSR count). The van der Waals surface area contributed by atoms with Gasteiger partial charge in [0, 0.05) is 16.7 Å². The zero-order valence-electron chi connectivity index (χ0n) is 17.5. The van der Waals surface area contributed by atoms with Crippen LogP contribution in [0.5, 0.6) is 23.0 Å². The summed E-state index contributed by atoms with van der Waals surface area (Å²) in [6, 6.07) is 5.68. The van der Waals surface area contributed by atoms with Gasteiger partial charge in [-0.05, 0) is 40.7 Å². The van der Waals surface area contributed by atoms with Crippen LogP contribution < -0.4 is 5.43 Å². The molecule has 0 heterocycles. The molecule has 2 aromatic carbocycles. The van der Waals surface area contributed by atoms with E-state index in [0.29, 0.717) is 5.56 Å². The van der Waals surface area contributed by atoms with Crippen molar-refractivity contribution < 1.29 is 25.2 Å². The molecular formula is C22H28N2O5. The summed E-state index contributed by atoms with van der Waals surface area (Å²) < 4.78 is 0. The minimum absolute atomic E-state index is 0.0635. The molecule has 0 spiro atoms. The maximum Gasteiger partial charge on any atom is 0.271 e. The smallest absolute Gasteiger partial charge is 0.271 e. The van der Waals surface area contributed by atoms with Crippen molar-refractivity contribution in [3.8, 4) is 23.0 Å². The average Bonchev–Trinajstić information content (AvgIpc) is 2.58. The molecule has 0 radical (unpaired) electrons. The number of amides is 1. The Kier molecular flexibility index (Phi) is 5.83. The molecule has 0 bridgehead atoms. The van der Waals surface area contributed by atoms with Gasteiger partial charge in [0.15, 0.2) is 17.2 Å². The minimum Gasteiger partial charge on any atom is -0.507 e. The number of aromatic hydroxyl groups is 4. The van der Waals surface area contributed by atoms with Gasteiger partial charge in [-0.3, -0.25) is 4.79 Å². The van der Waals surface area contributed by atoms with Crippen LogP contribution in [0.4, 0.5) is 0 Å². The number of phenolic OH excluding ortho intramolecular Hbond substituents is 4. The second kappa shape index (κ2) is 7.66. The third-order valence-corrected chi connectivity index (χ3v) is 4.46. The van der Waals surface area contributed by atoms with E-state index in [1.54, 1.807) is 0 Å². The fraction of sp³-hybridized carbons (Fsp3) is 0.364. The van der Waals surface area contributed by atoms with Crippen LogP contribution in [-0.2, 0) is 10.8 Å². The standard InChI is InChI=1S/C22H28N2O5/c1-21(2,3)14-7-12(8-15(18(14)27)22(4,5)6)11-23-24-20(29)13-9-16(25)19(28)17(26)10-13/h7-11,25-28H,1-6H3,(H,24,29)/b23-11+. The molecule has 156 valence electrons. The molecule has 0 atom stereocenters. The Balaban J connectivity index is 2.34. The SMILES string of the molecule is CC(C)(C)c1cc(/C=N/NC(=O)c2cc(O)c(O)c(O)c2)cc(C(C)(C)C)c1O. The van der Waals surface area contributed by atoms with Gasteiger partial charge in [-0.2, -0.15) is 5.10 Å². The molecule has 0 aliphatic rings. The van der Waals surface area contributed by atoms with E-state index in [0.717, 1.165) is 23.3 Å². The summed E-state index contributed by atoms with van der Waals surface area (Å²) in [5.41, 5.74) is 3.91. The summed E-state index contributed by atoms with van der Waals surface area (Å²) in [5.74, 6) is -2.33. The largest absolute Gasteiger partial charge is 0.507 e. The lowest BCUT2D eigenvalue weighted by Crippen LogP contribution is -2.19. The summed E-state index contributed by atoms with van der Waals surface area (Å²) >= 11 is 0. The minimum atomic E-state index is -0.696. The predicted molar refractivity (Wildman–Crippen MR) is 112 cm³/mol. The molecular weight excluding hydrogens is 372 g/mol. The molecule has 0 aliphatic heterocycles. The number of hydrazone groups is 1. The molecule has 0 unspecified atom stereocenters. The highest BCUT2D eigenvalue weighted by Crippen LogP contribution is 2.39. The van der Waals surface area contributed by atoms with Gasteiger partial charge in [-0.25, -0.2) is 5.43 Å². The highest BCUT2D eigenvalue weighted by atomic mass is 16.3. The Morgan fingerprint density at radius 1 is 0.828 bits per heavy atom. The van der Waals surface area contributed by atoms with Crippen molar-refractivity contribution in [3.63, 3.8) is 0 Å². The number of hydrogen-bond acceptors (Lipinski definition) is 6. The van der Waals surface area contributed by atoms with Crippen molar-refractivity contribution in [2.45, 2.75) is 52.4 Å². The van der Waals surface area contributed by atoms with Crippen molar-refractivity contribution in [3.05, 3.63) is 46.5 Å². The van der Waals surface area contributed by atoms with Gasteiger partial charge in [0.1, 0.15) is 5.75 Å². The summed E-state index contributed by atoms with van der Waals surface area (Å²) in [7, 11) is 0. The Morgan fingerprint density at radius 3 is 1.69 bits per heavy atom. The zero-order valence-corrected chi connectivity index (χ0v) is 17.5. The highest BCUT2D eigenvalue weighted by molar-refractivity contribution is 5.96. The normalized spacial score (nSPS) is 12.3. The Labute approximate surface area is 170 Å². The van der Waals surface area contributed by atoms with E-state index < -0.39 is 23.2 Å². The van der Waals surface area contributed by atoms with E-state index in [2.05, 4.69) is 10.5 Å². The second-order valence-electron chi connectivity index (χ2n) is 9.03. The molecule has 0 aromatic heterocycles. The van der Waals surface area contributed by atoms with E-state index in [4.69, 9.17) is 0 Å². The Morgan fingerprint density at radius 2 is 1.28 bits per heavy atom. The van der Waals surface area contributed by atoms with Crippen molar-refractivity contribution in [1.82, 2.24) is 5.43 Å². The lowest BCUT2D eigenvalue weighted by atomic mass is 9.78. The second-order valence-corrected chi connectivity index (χ2v) is 9.03. The zero-order chi connectivity index (χ0) is 22.1. The van der Waals surface area contributed by atoms with Crippen LogP contribution >= 0.6 is 0 Å². The van der Waals surface area contributed by atoms with Gasteiger partial charge in [-0.1, -0.05) is 41.5 Å². The first-order valence-corrected chi connectivity index (χ1v) is 9.18. The van der Waals surface area contributed by atoms with Crippen molar-refractivity contribution >= 4 is 12.1 Å². The van der Waals surface area contributed by atoms with Crippen LogP contribution in [0.25, 0.3) is 0 Å². The molecule has 0 saturated carbocycles. The molecule has 5 N–H and O–H groups in total. The maximum atomic E-state index is 12.2. The number of nitrogens with zero attached hydrogens (tertiary/aromatic N) is 1. The van der Waals surface area contributed by atoms with Gasteiger partial charge in [0.25, 0.3) is 5.91 Å². The molecule has 0 aliphatic carbocycles. The summed E-state index contributed by atoms with van der Waals surface area (Å²) in [4.78, 5) is 12.2. The third kappa shape index (κ3) is 4.99.